The molecule has 1 amide bonds. The molecule has 0 aliphatic carbocycles. The van der Waals surface area contributed by atoms with Crippen molar-refractivity contribution in [2.45, 2.75) is 51.5 Å². The van der Waals surface area contributed by atoms with Crippen LogP contribution in [0.5, 0.6) is 0 Å². The zero-order valence-electron chi connectivity index (χ0n) is 19.8. The van der Waals surface area contributed by atoms with Crippen molar-refractivity contribution in [3.05, 3.63) is 89.2 Å². The maximum Gasteiger partial charge on any atom is 0.471 e. The molecule has 8 heteroatoms. The second kappa shape index (κ2) is 9.60. The molecule has 1 atom stereocenters. The highest BCUT2D eigenvalue weighted by Gasteiger charge is 2.47. The van der Waals surface area contributed by atoms with Gasteiger partial charge in [0.2, 0.25) is 0 Å². The van der Waals surface area contributed by atoms with E-state index < -0.39 is 17.6 Å². The van der Waals surface area contributed by atoms with E-state index >= 15 is 0 Å². The summed E-state index contributed by atoms with van der Waals surface area (Å²) < 4.78 is 40.8. The first-order valence-corrected chi connectivity index (χ1v) is 11.5. The average molecular weight is 483 g/mol. The predicted octanol–water partition coefficient (Wildman–Crippen LogP) is 5.27. The Kier molecular flexibility index (Phi) is 6.74. The topological polar surface area (TPSA) is 62.5 Å². The van der Waals surface area contributed by atoms with Crippen molar-refractivity contribution in [2.24, 2.45) is 0 Å². The number of hydrogen-bond donors (Lipinski definition) is 1. The molecular formula is C27H29F3N4O. The van der Waals surface area contributed by atoms with Gasteiger partial charge in [0.15, 0.2) is 0 Å². The highest BCUT2D eigenvalue weighted by molar-refractivity contribution is 5.82. The maximum absolute atomic E-state index is 13.6. The Morgan fingerprint density at radius 3 is 2.54 bits per heavy atom. The Labute approximate surface area is 203 Å². The lowest BCUT2D eigenvalue weighted by molar-refractivity contribution is -0.186. The third-order valence-electron chi connectivity index (χ3n) is 6.69. The van der Waals surface area contributed by atoms with Crippen LogP contribution in [-0.4, -0.2) is 34.1 Å². The normalized spacial score (nSPS) is 18.2. The number of nitrogens with zero attached hydrogens (tertiary/aromatic N) is 3. The van der Waals surface area contributed by atoms with Gasteiger partial charge in [0, 0.05) is 30.7 Å². The summed E-state index contributed by atoms with van der Waals surface area (Å²) in [4.78, 5) is 20.0. The third kappa shape index (κ3) is 5.42. The van der Waals surface area contributed by atoms with Crippen LogP contribution in [-0.2, 0) is 24.3 Å². The molecule has 4 rings (SSSR count). The molecule has 2 heterocycles. The fourth-order valence-corrected chi connectivity index (χ4v) is 4.80. The van der Waals surface area contributed by atoms with Gasteiger partial charge < -0.3 is 15.5 Å². The van der Waals surface area contributed by atoms with E-state index in [1.165, 1.54) is 0 Å². The molecule has 35 heavy (non-hydrogen) atoms. The molecule has 2 N–H and O–H groups in total. The first kappa shape index (κ1) is 24.6. The van der Waals surface area contributed by atoms with Gasteiger partial charge in [0.25, 0.3) is 0 Å². The standard InChI is InChI=1S/C27H29F3N4O/c1-19-7-6-10-24-23(19)17-33(25(35)27(28,29)30)18-26(2,13-11-20-8-4-3-5-9-20)34(24)16-22-15-21(31)12-14-32-22/h3-10,12,14-15H,11,13,16-18H2,1-2H3,(H2,31,32)/t26-/m0/s1. The summed E-state index contributed by atoms with van der Waals surface area (Å²) in [6.07, 6.45) is -2.14. The summed E-state index contributed by atoms with van der Waals surface area (Å²) in [5.74, 6) is -1.82. The summed E-state index contributed by atoms with van der Waals surface area (Å²) in [7, 11) is 0. The number of carbonyl (C=O) groups excluding carboxylic acids is 1. The van der Waals surface area contributed by atoms with Crippen LogP contribution in [0, 0.1) is 6.92 Å². The fourth-order valence-electron chi connectivity index (χ4n) is 4.80. The highest BCUT2D eigenvalue weighted by atomic mass is 19.4. The lowest BCUT2D eigenvalue weighted by atomic mass is 9.89. The summed E-state index contributed by atoms with van der Waals surface area (Å²) in [5.41, 5.74) is 9.89. The largest absolute Gasteiger partial charge is 0.471 e. The molecule has 1 aliphatic heterocycles. The van der Waals surface area contributed by atoms with Gasteiger partial charge in [-0.15, -0.1) is 0 Å². The molecule has 0 saturated heterocycles. The van der Waals surface area contributed by atoms with Crippen molar-refractivity contribution >= 4 is 17.3 Å². The number of pyridine rings is 1. The van der Waals surface area contributed by atoms with Gasteiger partial charge in [-0.2, -0.15) is 13.2 Å². The summed E-state index contributed by atoms with van der Waals surface area (Å²) >= 11 is 0. The quantitative estimate of drug-likeness (QED) is 0.538. The van der Waals surface area contributed by atoms with Crippen LogP contribution in [0.2, 0.25) is 0 Å². The third-order valence-corrected chi connectivity index (χ3v) is 6.69. The minimum atomic E-state index is -4.95. The van der Waals surface area contributed by atoms with Crippen molar-refractivity contribution in [3.63, 3.8) is 0 Å². The molecule has 5 nitrogen and oxygen atoms in total. The van der Waals surface area contributed by atoms with Gasteiger partial charge in [-0.05, 0) is 61.6 Å². The van der Waals surface area contributed by atoms with Crippen LogP contribution in [0.4, 0.5) is 24.5 Å². The number of benzene rings is 2. The van der Waals surface area contributed by atoms with Crippen LogP contribution < -0.4 is 10.6 Å². The Balaban J connectivity index is 1.82. The number of aromatic nitrogens is 1. The zero-order valence-corrected chi connectivity index (χ0v) is 19.8. The van der Waals surface area contributed by atoms with Gasteiger partial charge in [-0.3, -0.25) is 9.78 Å². The lowest BCUT2D eigenvalue weighted by Gasteiger charge is -2.44. The molecule has 1 aliphatic rings. The number of amides is 1. The minimum absolute atomic E-state index is 0.0748. The number of carbonyl (C=O) groups is 1. The molecule has 2 aromatic carbocycles. The van der Waals surface area contributed by atoms with Gasteiger partial charge in [0.05, 0.1) is 17.8 Å². The van der Waals surface area contributed by atoms with E-state index in [2.05, 4.69) is 9.88 Å². The predicted molar refractivity (Wildman–Crippen MR) is 131 cm³/mol. The summed E-state index contributed by atoms with van der Waals surface area (Å²) in [6.45, 7) is 3.95. The van der Waals surface area contributed by atoms with Crippen LogP contribution in [0.3, 0.4) is 0 Å². The Hall–Kier alpha value is -3.55. The number of alkyl halides is 3. The lowest BCUT2D eigenvalue weighted by Crippen LogP contribution is -2.55. The van der Waals surface area contributed by atoms with Crippen molar-refractivity contribution in [1.29, 1.82) is 0 Å². The number of fused-ring (bicyclic) bond motifs is 1. The van der Waals surface area contributed by atoms with E-state index in [0.717, 1.165) is 21.7 Å². The second-order valence-corrected chi connectivity index (χ2v) is 9.38. The zero-order chi connectivity index (χ0) is 25.2. The van der Waals surface area contributed by atoms with E-state index in [1.54, 1.807) is 18.3 Å². The van der Waals surface area contributed by atoms with Crippen molar-refractivity contribution in [2.75, 3.05) is 17.2 Å². The molecule has 0 radical (unpaired) electrons. The van der Waals surface area contributed by atoms with Crippen molar-refractivity contribution in [3.8, 4) is 0 Å². The number of aryl methyl sites for hydroxylation is 2. The summed E-state index contributed by atoms with van der Waals surface area (Å²) in [5, 5.41) is 0. The number of nitrogen functional groups attached to an aromatic ring is 1. The van der Waals surface area contributed by atoms with Gasteiger partial charge in [-0.1, -0.05) is 42.5 Å². The molecular weight excluding hydrogens is 453 g/mol. The molecule has 0 unspecified atom stereocenters. The molecule has 3 aromatic rings. The average Bonchev–Trinajstić information content (AvgIpc) is 2.93. The monoisotopic (exact) mass is 482 g/mol. The second-order valence-electron chi connectivity index (χ2n) is 9.38. The minimum Gasteiger partial charge on any atom is -0.399 e. The first-order chi connectivity index (χ1) is 16.6. The molecule has 0 fully saturated rings. The molecule has 184 valence electrons. The van der Waals surface area contributed by atoms with E-state index in [4.69, 9.17) is 5.73 Å². The van der Waals surface area contributed by atoms with E-state index in [-0.39, 0.29) is 13.1 Å². The Morgan fingerprint density at radius 1 is 1.11 bits per heavy atom. The van der Waals surface area contributed by atoms with Crippen LogP contribution in [0.1, 0.15) is 35.7 Å². The van der Waals surface area contributed by atoms with E-state index in [1.807, 2.05) is 62.4 Å². The SMILES string of the molecule is Cc1cccc2c1CN(C(=O)C(F)(F)F)C[C@](C)(CCc1ccccc1)N2Cc1cc(N)ccn1. The van der Waals surface area contributed by atoms with Crippen molar-refractivity contribution in [1.82, 2.24) is 9.88 Å². The van der Waals surface area contributed by atoms with Crippen LogP contribution in [0.25, 0.3) is 0 Å². The maximum atomic E-state index is 13.6. The van der Waals surface area contributed by atoms with Gasteiger partial charge in [0.1, 0.15) is 0 Å². The molecule has 0 saturated carbocycles. The number of halogens is 3. The number of anilines is 2. The van der Waals surface area contributed by atoms with Gasteiger partial charge >= 0.3 is 12.1 Å². The molecule has 0 bridgehead atoms. The van der Waals surface area contributed by atoms with Gasteiger partial charge in [-0.25, -0.2) is 0 Å². The number of nitrogens with two attached hydrogens (primary N) is 1. The highest BCUT2D eigenvalue weighted by Crippen LogP contribution is 2.39. The molecule has 1 aromatic heterocycles. The van der Waals surface area contributed by atoms with Crippen LogP contribution >= 0.6 is 0 Å². The van der Waals surface area contributed by atoms with Crippen LogP contribution in [0.15, 0.2) is 66.9 Å². The van der Waals surface area contributed by atoms with E-state index in [0.29, 0.717) is 36.3 Å². The summed E-state index contributed by atoms with van der Waals surface area (Å²) in [6, 6.07) is 19.0. The number of rotatable bonds is 5. The Bertz CT molecular complexity index is 1200. The number of hydrogen-bond acceptors (Lipinski definition) is 4. The smallest absolute Gasteiger partial charge is 0.399 e. The Morgan fingerprint density at radius 2 is 1.86 bits per heavy atom. The van der Waals surface area contributed by atoms with Crippen molar-refractivity contribution < 1.29 is 18.0 Å². The van der Waals surface area contributed by atoms with E-state index in [9.17, 15) is 18.0 Å². The molecule has 0 spiro atoms. The first-order valence-electron chi connectivity index (χ1n) is 11.5. The fraction of sp³-hybridized carbons (Fsp3) is 0.333.